The first-order valence-corrected chi connectivity index (χ1v) is 6.47. The van der Waals surface area contributed by atoms with Gasteiger partial charge in [-0.15, -0.1) is 0 Å². The van der Waals surface area contributed by atoms with Gasteiger partial charge in [-0.3, -0.25) is 9.78 Å². The van der Waals surface area contributed by atoms with E-state index in [2.05, 4.69) is 10.3 Å². The number of carbonyl (C=O) groups excluding carboxylic acids is 1. The average molecular weight is 250 g/mol. The first kappa shape index (κ1) is 14.6. The lowest BCUT2D eigenvalue weighted by Gasteiger charge is -2.30. The summed E-state index contributed by atoms with van der Waals surface area (Å²) >= 11 is 0. The molecular weight excluding hydrogens is 228 g/mol. The number of aryl methyl sites for hydroxylation is 1. The molecule has 2 N–H and O–H groups in total. The lowest BCUT2D eigenvalue weighted by molar-refractivity contribution is -0.123. The molecular formula is C14H22N2O2. The van der Waals surface area contributed by atoms with E-state index in [0.29, 0.717) is 12.8 Å². The standard InChI is InChI=1S/C14H22N2O2/c1-3-14(4-2,11-17)16-13(18)9-8-12-7-5-6-10-15-12/h5-7,10,17H,3-4,8-9,11H2,1-2H3,(H,16,18). The van der Waals surface area contributed by atoms with Gasteiger partial charge in [0.05, 0.1) is 12.1 Å². The second-order valence-corrected chi connectivity index (χ2v) is 4.51. The van der Waals surface area contributed by atoms with Crippen molar-refractivity contribution in [2.75, 3.05) is 6.61 Å². The molecule has 0 aliphatic carbocycles. The molecule has 1 aromatic rings. The summed E-state index contributed by atoms with van der Waals surface area (Å²) in [6.07, 6.45) is 4.22. The fraction of sp³-hybridized carbons (Fsp3) is 0.571. The lowest BCUT2D eigenvalue weighted by atomic mass is 9.93. The molecule has 0 spiro atoms. The highest BCUT2D eigenvalue weighted by molar-refractivity contribution is 5.77. The van der Waals surface area contributed by atoms with Crippen LogP contribution >= 0.6 is 0 Å². The average Bonchev–Trinajstić information content (AvgIpc) is 2.44. The summed E-state index contributed by atoms with van der Waals surface area (Å²) in [6.45, 7) is 3.92. The summed E-state index contributed by atoms with van der Waals surface area (Å²) in [5, 5.41) is 12.3. The normalized spacial score (nSPS) is 11.3. The third-order valence-electron chi connectivity index (χ3n) is 3.40. The third-order valence-corrected chi connectivity index (χ3v) is 3.40. The number of carbonyl (C=O) groups is 1. The van der Waals surface area contributed by atoms with Crippen molar-refractivity contribution in [2.45, 2.75) is 45.1 Å². The molecule has 1 rings (SSSR count). The number of amides is 1. The summed E-state index contributed by atoms with van der Waals surface area (Å²) < 4.78 is 0. The number of rotatable bonds is 7. The highest BCUT2D eigenvalue weighted by atomic mass is 16.3. The molecule has 1 amide bonds. The largest absolute Gasteiger partial charge is 0.394 e. The van der Waals surface area contributed by atoms with Crippen molar-refractivity contribution in [1.29, 1.82) is 0 Å². The first-order chi connectivity index (χ1) is 8.65. The second kappa shape index (κ2) is 7.11. The molecule has 0 fully saturated rings. The predicted octanol–water partition coefficient (Wildman–Crippen LogP) is 1.68. The Balaban J connectivity index is 2.46. The van der Waals surface area contributed by atoms with Crippen LogP contribution in [-0.2, 0) is 11.2 Å². The summed E-state index contributed by atoms with van der Waals surface area (Å²) in [6, 6.07) is 5.68. The molecule has 1 aromatic heterocycles. The van der Waals surface area contributed by atoms with Gasteiger partial charge in [-0.05, 0) is 31.4 Å². The molecule has 0 unspecified atom stereocenters. The SMILES string of the molecule is CCC(CC)(CO)NC(=O)CCc1ccccn1. The molecule has 0 atom stereocenters. The molecule has 0 saturated heterocycles. The molecule has 0 aromatic carbocycles. The van der Waals surface area contributed by atoms with Gasteiger partial charge >= 0.3 is 0 Å². The summed E-state index contributed by atoms with van der Waals surface area (Å²) in [5.74, 6) is -0.0293. The van der Waals surface area contributed by atoms with E-state index < -0.39 is 5.54 Å². The van der Waals surface area contributed by atoms with E-state index in [1.54, 1.807) is 6.20 Å². The van der Waals surface area contributed by atoms with Gasteiger partial charge in [-0.1, -0.05) is 19.9 Å². The number of nitrogens with zero attached hydrogens (tertiary/aromatic N) is 1. The van der Waals surface area contributed by atoms with Gasteiger partial charge in [0.2, 0.25) is 5.91 Å². The van der Waals surface area contributed by atoms with Gasteiger partial charge in [0.1, 0.15) is 0 Å². The van der Waals surface area contributed by atoms with Crippen LogP contribution in [0.25, 0.3) is 0 Å². The van der Waals surface area contributed by atoms with Crippen molar-refractivity contribution in [2.24, 2.45) is 0 Å². The Labute approximate surface area is 108 Å². The number of nitrogens with one attached hydrogen (secondary N) is 1. The fourth-order valence-electron chi connectivity index (χ4n) is 1.84. The molecule has 0 radical (unpaired) electrons. The minimum absolute atomic E-state index is 0.0185. The molecule has 1 heterocycles. The Kier molecular flexibility index (Phi) is 5.78. The smallest absolute Gasteiger partial charge is 0.220 e. The predicted molar refractivity (Wildman–Crippen MR) is 71.1 cm³/mol. The van der Waals surface area contributed by atoms with Crippen LogP contribution in [0.15, 0.2) is 24.4 Å². The van der Waals surface area contributed by atoms with Gasteiger partial charge in [0.15, 0.2) is 0 Å². The quantitative estimate of drug-likeness (QED) is 0.774. The molecule has 4 heteroatoms. The van der Waals surface area contributed by atoms with E-state index in [0.717, 1.165) is 18.5 Å². The minimum atomic E-state index is -0.471. The third kappa shape index (κ3) is 4.11. The molecule has 4 nitrogen and oxygen atoms in total. The van der Waals surface area contributed by atoms with Gasteiger partial charge in [0.25, 0.3) is 0 Å². The van der Waals surface area contributed by atoms with Crippen LogP contribution in [0.2, 0.25) is 0 Å². The zero-order valence-corrected chi connectivity index (χ0v) is 11.1. The number of pyridine rings is 1. The van der Waals surface area contributed by atoms with Gasteiger partial charge in [0, 0.05) is 18.3 Å². The molecule has 0 aliphatic rings. The van der Waals surface area contributed by atoms with Gasteiger partial charge in [-0.2, -0.15) is 0 Å². The van der Waals surface area contributed by atoms with Crippen molar-refractivity contribution >= 4 is 5.91 Å². The topological polar surface area (TPSA) is 62.2 Å². The number of aliphatic hydroxyl groups is 1. The maximum absolute atomic E-state index is 11.9. The maximum Gasteiger partial charge on any atom is 0.220 e. The van der Waals surface area contributed by atoms with Crippen LogP contribution in [0, 0.1) is 0 Å². The van der Waals surface area contributed by atoms with Crippen LogP contribution in [0.5, 0.6) is 0 Å². The van der Waals surface area contributed by atoms with Crippen molar-refractivity contribution in [3.63, 3.8) is 0 Å². The first-order valence-electron chi connectivity index (χ1n) is 6.47. The van der Waals surface area contributed by atoms with Crippen LogP contribution in [0.4, 0.5) is 0 Å². The molecule has 0 aliphatic heterocycles. The Morgan fingerprint density at radius 1 is 1.39 bits per heavy atom. The monoisotopic (exact) mass is 250 g/mol. The van der Waals surface area contributed by atoms with Gasteiger partial charge in [-0.25, -0.2) is 0 Å². The van der Waals surface area contributed by atoms with E-state index in [1.807, 2.05) is 32.0 Å². The Hall–Kier alpha value is -1.42. The molecule has 100 valence electrons. The molecule has 0 bridgehead atoms. The van der Waals surface area contributed by atoms with Crippen LogP contribution in [-0.4, -0.2) is 28.1 Å². The molecule has 0 saturated carbocycles. The zero-order valence-electron chi connectivity index (χ0n) is 11.1. The number of aromatic nitrogens is 1. The second-order valence-electron chi connectivity index (χ2n) is 4.51. The van der Waals surface area contributed by atoms with Crippen LogP contribution < -0.4 is 5.32 Å². The molecule has 18 heavy (non-hydrogen) atoms. The van der Waals surface area contributed by atoms with Gasteiger partial charge < -0.3 is 10.4 Å². The fourth-order valence-corrected chi connectivity index (χ4v) is 1.84. The number of hydrogen-bond donors (Lipinski definition) is 2. The maximum atomic E-state index is 11.9. The highest BCUT2D eigenvalue weighted by Gasteiger charge is 2.26. The Morgan fingerprint density at radius 3 is 2.61 bits per heavy atom. The lowest BCUT2D eigenvalue weighted by Crippen LogP contribution is -2.50. The minimum Gasteiger partial charge on any atom is -0.394 e. The number of hydrogen-bond acceptors (Lipinski definition) is 3. The van der Waals surface area contributed by atoms with E-state index in [-0.39, 0.29) is 12.5 Å². The van der Waals surface area contributed by atoms with E-state index in [1.165, 1.54) is 0 Å². The van der Waals surface area contributed by atoms with Crippen molar-refractivity contribution < 1.29 is 9.90 Å². The summed E-state index contributed by atoms with van der Waals surface area (Å²) in [5.41, 5.74) is 0.441. The van der Waals surface area contributed by atoms with Crippen LogP contribution in [0.3, 0.4) is 0 Å². The van der Waals surface area contributed by atoms with E-state index in [4.69, 9.17) is 0 Å². The van der Waals surface area contributed by atoms with Crippen molar-refractivity contribution in [1.82, 2.24) is 10.3 Å². The summed E-state index contributed by atoms with van der Waals surface area (Å²) in [4.78, 5) is 16.0. The Morgan fingerprint density at radius 2 is 2.11 bits per heavy atom. The van der Waals surface area contributed by atoms with Crippen molar-refractivity contribution in [3.05, 3.63) is 30.1 Å². The van der Waals surface area contributed by atoms with Crippen LogP contribution in [0.1, 0.15) is 38.8 Å². The summed E-state index contributed by atoms with van der Waals surface area (Å²) in [7, 11) is 0. The zero-order chi connectivity index (χ0) is 13.4. The number of aliphatic hydroxyl groups excluding tert-OH is 1. The Bertz CT molecular complexity index is 353. The highest BCUT2D eigenvalue weighted by Crippen LogP contribution is 2.14. The van der Waals surface area contributed by atoms with E-state index in [9.17, 15) is 9.90 Å². The van der Waals surface area contributed by atoms with E-state index >= 15 is 0 Å². The van der Waals surface area contributed by atoms with Crippen molar-refractivity contribution in [3.8, 4) is 0 Å².